The SMILES string of the molecule is COc1ccc(C[C@H](NC(=O)[C@H](C)NC(=O)CN2CCOCC2)C(=O)N[C@@H](C[C@@H]2CCCC3CCCCC32)C(=O)[C@@]2(C)CO2)cc1. The molecule has 11 nitrogen and oxygen atoms in total. The minimum Gasteiger partial charge on any atom is -0.497 e. The number of methoxy groups -OCH3 is 1. The minimum atomic E-state index is -0.962. The third-order valence-electron chi connectivity index (χ3n) is 10.5. The van der Waals surface area contributed by atoms with Gasteiger partial charge in [-0.2, -0.15) is 0 Å². The Kier molecular flexibility index (Phi) is 11.7. The number of nitrogens with one attached hydrogen (secondary N) is 3. The highest BCUT2D eigenvalue weighted by atomic mass is 16.6. The van der Waals surface area contributed by atoms with Crippen molar-refractivity contribution in [3.05, 3.63) is 29.8 Å². The number of hydrogen-bond acceptors (Lipinski definition) is 8. The zero-order valence-electron chi connectivity index (χ0n) is 27.7. The van der Waals surface area contributed by atoms with Gasteiger partial charge in [0, 0.05) is 19.5 Å². The van der Waals surface area contributed by atoms with Crippen molar-refractivity contribution in [2.45, 2.75) is 95.4 Å². The number of carbonyl (C=O) groups is 4. The van der Waals surface area contributed by atoms with Crippen molar-refractivity contribution in [3.8, 4) is 5.75 Å². The van der Waals surface area contributed by atoms with E-state index in [1.165, 1.54) is 32.1 Å². The third-order valence-corrected chi connectivity index (χ3v) is 10.5. The average molecular weight is 641 g/mol. The number of nitrogens with zero attached hydrogens (tertiary/aromatic N) is 1. The molecule has 1 aromatic carbocycles. The number of Topliss-reactive ketones (excluding diaryl/α,β-unsaturated/α-hetero) is 1. The van der Waals surface area contributed by atoms with E-state index in [2.05, 4.69) is 16.0 Å². The predicted molar refractivity (Wildman–Crippen MR) is 172 cm³/mol. The summed E-state index contributed by atoms with van der Waals surface area (Å²) in [6.45, 7) is 6.37. The maximum Gasteiger partial charge on any atom is 0.243 e. The average Bonchev–Trinajstić information content (AvgIpc) is 3.82. The van der Waals surface area contributed by atoms with Crippen LogP contribution in [0.15, 0.2) is 24.3 Å². The van der Waals surface area contributed by atoms with Crippen molar-refractivity contribution in [2.24, 2.45) is 17.8 Å². The molecule has 2 aliphatic heterocycles. The Morgan fingerprint density at radius 1 is 0.935 bits per heavy atom. The second kappa shape index (κ2) is 15.7. The summed E-state index contributed by atoms with van der Waals surface area (Å²) in [6.07, 6.45) is 9.20. The van der Waals surface area contributed by atoms with Gasteiger partial charge in [-0.1, -0.05) is 50.7 Å². The molecule has 5 rings (SSSR count). The van der Waals surface area contributed by atoms with Gasteiger partial charge in [0.15, 0.2) is 5.78 Å². The molecule has 3 amide bonds. The topological polar surface area (TPSA) is 139 Å². The molecule has 2 saturated carbocycles. The first-order valence-corrected chi connectivity index (χ1v) is 17.2. The summed E-state index contributed by atoms with van der Waals surface area (Å²) in [7, 11) is 1.59. The van der Waals surface area contributed by atoms with E-state index >= 15 is 0 Å². The third kappa shape index (κ3) is 9.07. The van der Waals surface area contributed by atoms with Crippen molar-refractivity contribution < 1.29 is 33.4 Å². The van der Waals surface area contributed by atoms with Crippen LogP contribution in [0.4, 0.5) is 0 Å². The van der Waals surface area contributed by atoms with Gasteiger partial charge in [0.1, 0.15) is 23.4 Å². The molecule has 2 aliphatic carbocycles. The fourth-order valence-electron chi connectivity index (χ4n) is 7.61. The maximum atomic E-state index is 14.1. The summed E-state index contributed by atoms with van der Waals surface area (Å²) in [5.74, 6) is 1.08. The largest absolute Gasteiger partial charge is 0.497 e. The van der Waals surface area contributed by atoms with Crippen LogP contribution in [0.3, 0.4) is 0 Å². The Morgan fingerprint density at radius 3 is 2.30 bits per heavy atom. The van der Waals surface area contributed by atoms with Crippen molar-refractivity contribution in [3.63, 3.8) is 0 Å². The summed E-state index contributed by atoms with van der Waals surface area (Å²) in [4.78, 5) is 55.9. The lowest BCUT2D eigenvalue weighted by atomic mass is 9.64. The highest BCUT2D eigenvalue weighted by Crippen LogP contribution is 2.46. The van der Waals surface area contributed by atoms with Crippen molar-refractivity contribution in [1.29, 1.82) is 0 Å². The number of amides is 3. The number of hydrogen-bond donors (Lipinski definition) is 3. The molecule has 4 fully saturated rings. The van der Waals surface area contributed by atoms with Crippen LogP contribution in [0.1, 0.15) is 70.8 Å². The fourth-order valence-corrected chi connectivity index (χ4v) is 7.61. The Hall–Kier alpha value is -3.02. The lowest BCUT2D eigenvalue weighted by molar-refractivity contribution is -0.134. The summed E-state index contributed by atoms with van der Waals surface area (Å²) < 4.78 is 16.2. The van der Waals surface area contributed by atoms with E-state index in [-0.39, 0.29) is 24.7 Å². The normalized spacial score (nSPS) is 28.1. The predicted octanol–water partition coefficient (Wildman–Crippen LogP) is 2.40. The van der Waals surface area contributed by atoms with E-state index < -0.39 is 35.5 Å². The van der Waals surface area contributed by atoms with Crippen molar-refractivity contribution >= 4 is 23.5 Å². The van der Waals surface area contributed by atoms with Gasteiger partial charge in [0.25, 0.3) is 0 Å². The van der Waals surface area contributed by atoms with Crippen LogP contribution >= 0.6 is 0 Å². The molecule has 0 bridgehead atoms. The van der Waals surface area contributed by atoms with Gasteiger partial charge >= 0.3 is 0 Å². The van der Waals surface area contributed by atoms with E-state index in [9.17, 15) is 19.2 Å². The first kappa shape index (κ1) is 34.3. The summed E-state index contributed by atoms with van der Waals surface area (Å²) in [5.41, 5.74) is -0.0602. The van der Waals surface area contributed by atoms with Crippen LogP contribution < -0.4 is 20.7 Å². The van der Waals surface area contributed by atoms with Crippen LogP contribution in [0.25, 0.3) is 0 Å². The Balaban J connectivity index is 1.28. The van der Waals surface area contributed by atoms with E-state index in [1.807, 2.05) is 29.2 Å². The molecule has 1 aromatic rings. The van der Waals surface area contributed by atoms with E-state index in [1.54, 1.807) is 21.0 Å². The standard InChI is InChI=1S/C35H52N4O7/c1-23(36-31(40)21-39-15-17-45-18-16-39)33(42)38-30(19-24-11-13-27(44-3)14-12-24)34(43)37-29(32(41)35(2)22-46-35)20-26-9-6-8-25-7-4-5-10-28(25)26/h11-14,23,25-26,28-30H,4-10,15-22H2,1-3H3,(H,36,40)(H,37,43)(H,38,42)/t23-,25?,26-,28?,29-,30-,35+/m0/s1. The number of fused-ring (bicyclic) bond motifs is 1. The zero-order chi connectivity index (χ0) is 32.7. The van der Waals surface area contributed by atoms with Gasteiger partial charge in [0.2, 0.25) is 17.7 Å². The molecule has 0 radical (unpaired) electrons. The monoisotopic (exact) mass is 640 g/mol. The maximum absolute atomic E-state index is 14.1. The number of ketones is 1. The molecular weight excluding hydrogens is 588 g/mol. The number of rotatable bonds is 14. The molecule has 4 aliphatic rings. The molecule has 0 spiro atoms. The minimum absolute atomic E-state index is 0.1000. The number of benzene rings is 1. The molecule has 2 unspecified atom stereocenters. The van der Waals surface area contributed by atoms with Crippen molar-refractivity contribution in [2.75, 3.05) is 46.6 Å². The molecule has 0 aromatic heterocycles. The van der Waals surface area contributed by atoms with Crippen LogP contribution in [0, 0.1) is 17.8 Å². The van der Waals surface area contributed by atoms with E-state index in [0.29, 0.717) is 62.8 Å². The molecule has 254 valence electrons. The number of ether oxygens (including phenoxy) is 3. The van der Waals surface area contributed by atoms with Crippen LogP contribution in [-0.2, 0) is 35.1 Å². The molecule has 7 atom stereocenters. The van der Waals surface area contributed by atoms with Crippen LogP contribution in [-0.4, -0.2) is 98.7 Å². The Morgan fingerprint density at radius 2 is 1.61 bits per heavy atom. The Labute approximate surface area is 272 Å². The molecule has 2 heterocycles. The highest BCUT2D eigenvalue weighted by molar-refractivity contribution is 5.98. The van der Waals surface area contributed by atoms with Gasteiger partial charge in [-0.15, -0.1) is 0 Å². The Bertz CT molecular complexity index is 1210. The fraction of sp³-hybridized carbons (Fsp3) is 0.714. The summed E-state index contributed by atoms with van der Waals surface area (Å²) in [5, 5.41) is 8.72. The highest BCUT2D eigenvalue weighted by Gasteiger charge is 2.51. The summed E-state index contributed by atoms with van der Waals surface area (Å²) >= 11 is 0. The van der Waals surface area contributed by atoms with Gasteiger partial charge in [0.05, 0.1) is 39.5 Å². The van der Waals surface area contributed by atoms with Crippen LogP contribution in [0.2, 0.25) is 0 Å². The van der Waals surface area contributed by atoms with Gasteiger partial charge in [-0.3, -0.25) is 24.1 Å². The number of morpholine rings is 1. The van der Waals surface area contributed by atoms with E-state index in [4.69, 9.17) is 14.2 Å². The molecular formula is C35H52N4O7. The second-order valence-electron chi connectivity index (χ2n) is 13.9. The molecule has 11 heteroatoms. The van der Waals surface area contributed by atoms with Gasteiger partial charge in [-0.05, 0) is 62.1 Å². The van der Waals surface area contributed by atoms with Gasteiger partial charge < -0.3 is 30.2 Å². The molecule has 3 N–H and O–H groups in total. The lowest BCUT2D eigenvalue weighted by Crippen LogP contribution is -2.57. The second-order valence-corrected chi connectivity index (χ2v) is 13.9. The quantitative estimate of drug-likeness (QED) is 0.264. The zero-order valence-corrected chi connectivity index (χ0v) is 27.7. The van der Waals surface area contributed by atoms with Gasteiger partial charge in [-0.25, -0.2) is 0 Å². The van der Waals surface area contributed by atoms with E-state index in [0.717, 1.165) is 18.4 Å². The molecule has 2 saturated heterocycles. The first-order chi connectivity index (χ1) is 22.1. The lowest BCUT2D eigenvalue weighted by Gasteiger charge is -2.42. The molecule has 46 heavy (non-hydrogen) atoms. The smallest absolute Gasteiger partial charge is 0.243 e. The van der Waals surface area contributed by atoms with Crippen molar-refractivity contribution in [1.82, 2.24) is 20.9 Å². The van der Waals surface area contributed by atoms with Crippen LogP contribution in [0.5, 0.6) is 5.75 Å². The first-order valence-electron chi connectivity index (χ1n) is 17.2. The number of epoxide rings is 1. The summed E-state index contributed by atoms with van der Waals surface area (Å²) in [6, 6.07) is 4.80. The number of carbonyl (C=O) groups excluding carboxylic acids is 4.